The highest BCUT2D eigenvalue weighted by molar-refractivity contribution is 8.15. The van der Waals surface area contributed by atoms with Gasteiger partial charge in [0, 0.05) is 81.1 Å². The number of amides is 4. The summed E-state index contributed by atoms with van der Waals surface area (Å²) in [6, 6.07) is 70.8. The average Bonchev–Trinajstić information content (AvgIpc) is 1.64. The third kappa shape index (κ3) is 22.2. The van der Waals surface area contributed by atoms with E-state index in [2.05, 4.69) is 32.9 Å². The van der Waals surface area contributed by atoms with Crippen LogP contribution in [-0.2, 0) is 9.59 Å². The lowest BCUT2D eigenvalue weighted by Gasteiger charge is -2.24. The molecule has 4 atom stereocenters. The second-order valence-corrected chi connectivity index (χ2v) is 32.3. The molecule has 0 spiro atoms. The number of carbonyl (C=O) groups is 6. The molecule has 0 saturated carbocycles. The molecule has 12 aromatic rings. The topological polar surface area (TPSA) is 229 Å². The number of para-hydroxylation sites is 6. The van der Waals surface area contributed by atoms with E-state index in [1.165, 1.54) is 138 Å². The fraction of sp³-hybridized carbons (Fsp3) is 0.113. The Morgan fingerprint density at radius 3 is 1.15 bits per heavy atom. The first-order valence-corrected chi connectivity index (χ1v) is 42.9. The zero-order chi connectivity index (χ0) is 92.2. The van der Waals surface area contributed by atoms with Crippen LogP contribution in [0.1, 0.15) is 121 Å². The molecule has 4 unspecified atom stereocenters. The van der Waals surface area contributed by atoms with E-state index in [1.807, 2.05) is 72.8 Å². The summed E-state index contributed by atoms with van der Waals surface area (Å²) in [6.45, 7) is 6.54. The highest BCUT2D eigenvalue weighted by atomic mass is 35.5. The van der Waals surface area contributed by atoms with Crippen LogP contribution in [0, 0.1) is 53.1 Å². The SMILES string of the molecule is C#CCOc1cccc(C2SC(c3ccc(F)cc3)=NN2C(=O)c2c(F)cc(F)cc2F)c1OC.C=CCOc1ccccc1C1SC(c2ccc(Cl)cc2)=NN1C(=O)c1ccccc1OC(C)=O.COc1ccccc1C1SC(c2ccc(F)cc2)=NN1C(=O)c1cccc(F)c1.COc1ccccc1C1SC(c2ccc(F)cc2)=NN1C(=O)c1ccccc1OC(C)=O. The molecule has 33 heteroatoms. The van der Waals surface area contributed by atoms with E-state index in [-0.39, 0.29) is 63.0 Å². The second-order valence-electron chi connectivity index (χ2n) is 27.6. The number of benzene rings is 12. The van der Waals surface area contributed by atoms with E-state index in [9.17, 15) is 59.5 Å². The lowest BCUT2D eigenvalue weighted by atomic mass is 10.1. The van der Waals surface area contributed by atoms with E-state index >= 15 is 0 Å². The number of hydrazone groups is 4. The van der Waals surface area contributed by atoms with Gasteiger partial charge >= 0.3 is 11.9 Å². The Kier molecular flexibility index (Phi) is 31.2. The predicted octanol–water partition coefficient (Wildman–Crippen LogP) is 21.8. The number of hydrogen-bond donors (Lipinski definition) is 0. The van der Waals surface area contributed by atoms with Gasteiger partial charge in [-0.2, -0.15) is 20.4 Å². The van der Waals surface area contributed by atoms with Gasteiger partial charge in [-0.05, 0) is 152 Å². The van der Waals surface area contributed by atoms with E-state index in [0.717, 1.165) is 39.0 Å². The molecule has 0 aromatic heterocycles. The predicted molar refractivity (Wildman–Crippen MR) is 486 cm³/mol. The standard InChI is InChI=1S/C26H21ClN2O4S.C25H16F4N2O3S.C24H19FN2O4S.C22H16F2N2O2S/c1-3-16-32-22-10-6-5-9-21(22)26-29(28-24(34-26)18-12-14-19(27)15-13-18)25(31)20-8-4-7-11-23(20)33-17(2)30;1-3-11-34-20-6-4-5-17(22(20)33-2)25-31(24(32)21-18(28)12-16(27)13-19(21)29)30-23(35-25)14-7-9-15(26)10-8-14;1-15(28)31-21-10-6-3-7-18(21)23(29)27-24(19-8-4-5-9-20(19)30-2)32-22(26-27)16-11-13-17(25)14-12-16;1-28-19-8-3-2-7-18(19)22-26(21(27)15-5-4-6-17(24)13-15)25-20(29-22)14-9-11-16(23)12-10-14/h3-15,26H,1,16H2,2H3;1,4-10,12-13,25H,11H2,2H3;3-14,24H,1-2H3;2-13,22H,1H3. The molecule has 0 N–H and O–H groups in total. The Bertz CT molecular complexity index is 6420. The molecule has 4 amide bonds. The maximum Gasteiger partial charge on any atom is 0.308 e. The number of ether oxygens (including phenoxy) is 7. The summed E-state index contributed by atoms with van der Waals surface area (Å²) in [6.07, 6.45) is 6.93. The molecule has 0 radical (unpaired) electrons. The normalized spacial score (nSPS) is 15.2. The summed E-state index contributed by atoms with van der Waals surface area (Å²) < 4.78 is 135. The molecule has 16 rings (SSSR count). The zero-order valence-corrected chi connectivity index (χ0v) is 73.1. The number of esters is 2. The molecule has 0 aliphatic carbocycles. The quantitative estimate of drug-likeness (QED) is 0.0202. The summed E-state index contributed by atoms with van der Waals surface area (Å²) >= 11 is 11.2. The number of hydrogen-bond acceptors (Lipinski definition) is 21. The van der Waals surface area contributed by atoms with Gasteiger partial charge in [0.2, 0.25) is 0 Å². The molecule has 130 heavy (non-hydrogen) atoms. The Morgan fingerprint density at radius 2 is 0.746 bits per heavy atom. The highest BCUT2D eigenvalue weighted by Gasteiger charge is 2.43. The van der Waals surface area contributed by atoms with Crippen molar-refractivity contribution in [1.29, 1.82) is 0 Å². The van der Waals surface area contributed by atoms with Crippen LogP contribution in [0.4, 0.5) is 30.7 Å². The highest BCUT2D eigenvalue weighted by Crippen LogP contribution is 2.51. The molecule has 4 aliphatic heterocycles. The minimum Gasteiger partial charge on any atom is -0.496 e. The van der Waals surface area contributed by atoms with Crippen LogP contribution < -0.4 is 33.2 Å². The molecule has 658 valence electrons. The van der Waals surface area contributed by atoms with Gasteiger partial charge in [-0.15, -0.1) is 6.42 Å². The maximum atomic E-state index is 14.5. The van der Waals surface area contributed by atoms with Crippen molar-refractivity contribution in [2.75, 3.05) is 34.5 Å². The lowest BCUT2D eigenvalue weighted by molar-refractivity contribution is -0.132. The van der Waals surface area contributed by atoms with E-state index in [1.54, 1.807) is 142 Å². The van der Waals surface area contributed by atoms with Crippen molar-refractivity contribution in [3.8, 4) is 52.6 Å². The van der Waals surface area contributed by atoms with Crippen molar-refractivity contribution in [3.63, 3.8) is 0 Å². The molecule has 4 aliphatic rings. The Hall–Kier alpha value is -14.4. The van der Waals surface area contributed by atoms with Gasteiger partial charge in [-0.1, -0.05) is 186 Å². The second kappa shape index (κ2) is 43.4. The van der Waals surface area contributed by atoms with E-state index in [4.69, 9.17) is 51.2 Å². The number of methoxy groups -OCH3 is 3. The molecular formula is C97H72ClF7N8O13S4. The number of terminal acetylenes is 1. The number of nitrogens with zero attached hydrogens (tertiary/aromatic N) is 8. The number of rotatable bonds is 22. The summed E-state index contributed by atoms with van der Waals surface area (Å²) in [4.78, 5) is 76.9. The average molecular weight is 1850 g/mol. The number of thioether (sulfide) groups is 4. The molecule has 21 nitrogen and oxygen atoms in total. The van der Waals surface area contributed by atoms with Crippen LogP contribution in [0.5, 0.6) is 40.2 Å². The van der Waals surface area contributed by atoms with Crippen LogP contribution in [-0.4, -0.2) is 110 Å². The minimum atomic E-state index is -1.38. The van der Waals surface area contributed by atoms with Crippen molar-refractivity contribution in [2.45, 2.75) is 35.3 Å². The third-order valence-electron chi connectivity index (χ3n) is 18.9. The Morgan fingerprint density at radius 1 is 0.392 bits per heavy atom. The molecular weight excluding hydrogens is 1780 g/mol. The molecule has 12 aromatic carbocycles. The first-order chi connectivity index (χ1) is 62.8. The van der Waals surface area contributed by atoms with Crippen molar-refractivity contribution < 1.29 is 92.7 Å². The van der Waals surface area contributed by atoms with Gasteiger partial charge in [0.1, 0.15) is 130 Å². The van der Waals surface area contributed by atoms with Gasteiger partial charge in [0.25, 0.3) is 23.6 Å². The van der Waals surface area contributed by atoms with Gasteiger partial charge in [0.15, 0.2) is 11.5 Å². The summed E-state index contributed by atoms with van der Waals surface area (Å²) in [7, 11) is 4.50. The Labute approximate surface area is 763 Å². The van der Waals surface area contributed by atoms with Crippen molar-refractivity contribution in [1.82, 2.24) is 20.0 Å². The van der Waals surface area contributed by atoms with Gasteiger partial charge in [-0.25, -0.2) is 50.8 Å². The largest absolute Gasteiger partial charge is 0.496 e. The van der Waals surface area contributed by atoms with Crippen molar-refractivity contribution in [2.24, 2.45) is 20.4 Å². The summed E-state index contributed by atoms with van der Waals surface area (Å²) in [5.41, 5.74) is 4.98. The molecule has 0 bridgehead atoms. The smallest absolute Gasteiger partial charge is 0.308 e. The summed E-state index contributed by atoms with van der Waals surface area (Å²) in [5.74, 6) is -4.07. The molecule has 0 fully saturated rings. The van der Waals surface area contributed by atoms with Crippen LogP contribution in [0.25, 0.3) is 0 Å². The van der Waals surface area contributed by atoms with Gasteiger partial charge in [0.05, 0.1) is 32.5 Å². The van der Waals surface area contributed by atoms with Crippen LogP contribution in [0.15, 0.2) is 306 Å². The van der Waals surface area contributed by atoms with E-state index in [0.29, 0.717) is 78.4 Å². The maximum absolute atomic E-state index is 14.5. The first-order valence-electron chi connectivity index (χ1n) is 39.0. The van der Waals surface area contributed by atoms with Gasteiger partial charge < -0.3 is 33.2 Å². The lowest BCUT2D eigenvalue weighted by Crippen LogP contribution is -2.28. The minimum absolute atomic E-state index is 0.0520. The molecule has 0 saturated heterocycles. The van der Waals surface area contributed by atoms with E-state index < -0.39 is 91.7 Å². The summed E-state index contributed by atoms with van der Waals surface area (Å²) in [5, 5.41) is 23.0. The van der Waals surface area contributed by atoms with Crippen molar-refractivity contribution in [3.05, 3.63) is 398 Å². The van der Waals surface area contributed by atoms with Crippen LogP contribution in [0.3, 0.4) is 0 Å². The monoisotopic (exact) mass is 1850 g/mol. The fourth-order valence-corrected chi connectivity index (χ4v) is 17.9. The van der Waals surface area contributed by atoms with Crippen LogP contribution in [0.2, 0.25) is 5.02 Å². The van der Waals surface area contributed by atoms with Crippen LogP contribution >= 0.6 is 58.6 Å². The van der Waals surface area contributed by atoms with Crippen molar-refractivity contribution >= 4 is 114 Å². The first kappa shape index (κ1) is 93.3. The number of carbonyl (C=O) groups excluding carboxylic acids is 6. The zero-order valence-electron chi connectivity index (χ0n) is 69.1. The molecule has 4 heterocycles. The number of halogens is 8. The fourth-order valence-electron chi connectivity index (χ4n) is 13.1. The Balaban J connectivity index is 0.000000148. The third-order valence-corrected chi connectivity index (χ3v) is 24.1. The van der Waals surface area contributed by atoms with Gasteiger partial charge in [-0.3, -0.25) is 28.8 Å².